The van der Waals surface area contributed by atoms with E-state index in [0.29, 0.717) is 0 Å². The quantitative estimate of drug-likeness (QED) is 0.196. The van der Waals surface area contributed by atoms with Crippen LogP contribution in [-0.4, -0.2) is 4.57 Å². The fourth-order valence-corrected chi connectivity index (χ4v) is 8.11. The van der Waals surface area contributed by atoms with Crippen LogP contribution in [0.15, 0.2) is 162 Å². The van der Waals surface area contributed by atoms with Crippen LogP contribution in [0.5, 0.6) is 0 Å². The highest BCUT2D eigenvalue weighted by Crippen LogP contribution is 2.52. The van der Waals surface area contributed by atoms with Crippen LogP contribution in [0.4, 0.5) is 17.1 Å². The van der Waals surface area contributed by atoms with Crippen molar-refractivity contribution in [1.29, 1.82) is 0 Å². The number of para-hydroxylation sites is 5. The Bertz CT molecular complexity index is 2660. The molecule has 2 aromatic heterocycles. The van der Waals surface area contributed by atoms with E-state index in [4.69, 9.17) is 4.42 Å². The third-order valence-electron chi connectivity index (χ3n) is 10.4. The van der Waals surface area contributed by atoms with Crippen LogP contribution < -0.4 is 4.90 Å². The van der Waals surface area contributed by atoms with Gasteiger partial charge in [-0.15, -0.1) is 0 Å². The normalized spacial score (nSPS) is 13.4. The Balaban J connectivity index is 1.14. The van der Waals surface area contributed by atoms with Crippen molar-refractivity contribution in [3.05, 3.63) is 169 Å². The Labute approximate surface area is 278 Å². The highest BCUT2D eigenvalue weighted by molar-refractivity contribution is 6.11. The molecule has 0 amide bonds. The van der Waals surface area contributed by atoms with Crippen LogP contribution in [0.25, 0.3) is 60.6 Å². The van der Waals surface area contributed by atoms with Crippen molar-refractivity contribution in [1.82, 2.24) is 4.57 Å². The van der Waals surface area contributed by atoms with Gasteiger partial charge in [-0.3, -0.25) is 0 Å². The van der Waals surface area contributed by atoms with Crippen molar-refractivity contribution in [2.24, 2.45) is 0 Å². The average Bonchev–Trinajstić information content (AvgIpc) is 3.75. The zero-order valence-corrected chi connectivity index (χ0v) is 26.8. The summed E-state index contributed by atoms with van der Waals surface area (Å²) in [4.78, 5) is 2.34. The van der Waals surface area contributed by atoms with Crippen molar-refractivity contribution in [3.8, 4) is 16.8 Å². The van der Waals surface area contributed by atoms with E-state index in [1.807, 2.05) is 6.07 Å². The number of anilines is 3. The Hall–Kier alpha value is -6.06. The summed E-state index contributed by atoms with van der Waals surface area (Å²) in [5.74, 6) is 0. The van der Waals surface area contributed by atoms with Crippen LogP contribution in [0.1, 0.15) is 25.0 Å². The SMILES string of the molecule is CC1(C)c2cc(N(c3ccccc3)c3cccc4c3oc3ccccc34)ccc2-c2ccc(-n3c4ccccc4c4ccccc43)cc21. The average molecular weight is 617 g/mol. The predicted molar refractivity (Wildman–Crippen MR) is 200 cm³/mol. The Morgan fingerprint density at radius 2 is 1.10 bits per heavy atom. The molecule has 0 unspecified atom stereocenters. The lowest BCUT2D eigenvalue weighted by Gasteiger charge is -2.28. The molecular formula is C45H32N2O. The summed E-state index contributed by atoms with van der Waals surface area (Å²) in [7, 11) is 0. The molecule has 3 nitrogen and oxygen atoms in total. The van der Waals surface area contributed by atoms with Gasteiger partial charge in [-0.2, -0.15) is 0 Å². The summed E-state index contributed by atoms with van der Waals surface area (Å²) in [6, 6.07) is 56.8. The number of fused-ring (bicyclic) bond motifs is 9. The largest absolute Gasteiger partial charge is 0.454 e. The van der Waals surface area contributed by atoms with Crippen LogP contribution in [0.2, 0.25) is 0 Å². The zero-order chi connectivity index (χ0) is 32.0. The second kappa shape index (κ2) is 9.97. The molecule has 228 valence electrons. The second-order valence-corrected chi connectivity index (χ2v) is 13.4. The van der Waals surface area contributed by atoms with E-state index in [1.54, 1.807) is 0 Å². The van der Waals surface area contributed by atoms with Gasteiger partial charge in [0.05, 0.1) is 16.7 Å². The molecule has 0 N–H and O–H groups in total. The topological polar surface area (TPSA) is 21.3 Å². The maximum Gasteiger partial charge on any atom is 0.159 e. The molecule has 0 radical (unpaired) electrons. The number of furan rings is 1. The zero-order valence-electron chi connectivity index (χ0n) is 26.8. The van der Waals surface area contributed by atoms with Gasteiger partial charge < -0.3 is 13.9 Å². The minimum absolute atomic E-state index is 0.205. The fraction of sp³-hybridized carbons (Fsp3) is 0.0667. The number of hydrogen-bond donors (Lipinski definition) is 0. The minimum atomic E-state index is -0.205. The molecule has 0 saturated heterocycles. The molecule has 1 aliphatic carbocycles. The lowest BCUT2D eigenvalue weighted by atomic mass is 9.82. The fourth-order valence-electron chi connectivity index (χ4n) is 8.11. The monoisotopic (exact) mass is 616 g/mol. The molecule has 10 rings (SSSR count). The van der Waals surface area contributed by atoms with Crippen molar-refractivity contribution in [2.75, 3.05) is 4.90 Å². The molecule has 2 heterocycles. The first kappa shape index (κ1) is 27.1. The first-order valence-electron chi connectivity index (χ1n) is 16.6. The number of hydrogen-bond acceptors (Lipinski definition) is 2. The third-order valence-corrected chi connectivity index (χ3v) is 10.4. The van der Waals surface area contributed by atoms with E-state index in [2.05, 4.69) is 175 Å². The summed E-state index contributed by atoms with van der Waals surface area (Å²) in [6.45, 7) is 4.73. The van der Waals surface area contributed by atoms with Crippen molar-refractivity contribution < 1.29 is 4.42 Å². The van der Waals surface area contributed by atoms with Gasteiger partial charge in [0.25, 0.3) is 0 Å². The van der Waals surface area contributed by atoms with Crippen LogP contribution in [0.3, 0.4) is 0 Å². The third kappa shape index (κ3) is 3.76. The van der Waals surface area contributed by atoms with E-state index in [1.165, 1.54) is 49.7 Å². The molecule has 48 heavy (non-hydrogen) atoms. The maximum atomic E-state index is 6.56. The van der Waals surface area contributed by atoms with Gasteiger partial charge in [-0.05, 0) is 82.9 Å². The first-order valence-corrected chi connectivity index (χ1v) is 16.6. The van der Waals surface area contributed by atoms with Crippen molar-refractivity contribution >= 4 is 60.8 Å². The molecule has 0 atom stereocenters. The Morgan fingerprint density at radius 3 is 1.85 bits per heavy atom. The van der Waals surface area contributed by atoms with Gasteiger partial charge >= 0.3 is 0 Å². The first-order chi connectivity index (χ1) is 23.6. The van der Waals surface area contributed by atoms with E-state index in [0.717, 1.165) is 39.0 Å². The predicted octanol–water partition coefficient (Wildman–Crippen LogP) is 12.5. The van der Waals surface area contributed by atoms with E-state index in [-0.39, 0.29) is 5.41 Å². The number of aromatic nitrogens is 1. The highest BCUT2D eigenvalue weighted by Gasteiger charge is 2.36. The van der Waals surface area contributed by atoms with Gasteiger partial charge in [-0.1, -0.05) is 111 Å². The molecule has 7 aromatic carbocycles. The van der Waals surface area contributed by atoms with Gasteiger partial charge in [0.2, 0.25) is 0 Å². The summed E-state index contributed by atoms with van der Waals surface area (Å²) >= 11 is 0. The standard InChI is InChI=1S/C45H32N2O/c1-45(2)38-27-30(46(29-13-4-3-5-14-29)42-21-12-18-37-36-17-8-11-22-43(36)48-44(37)42)23-25-32(38)33-26-24-31(28-39(33)45)47-40-19-9-6-15-34(40)35-16-7-10-20-41(35)47/h3-28H,1-2H3. The summed E-state index contributed by atoms with van der Waals surface area (Å²) < 4.78 is 8.97. The summed E-state index contributed by atoms with van der Waals surface area (Å²) in [5.41, 5.74) is 13.7. The molecule has 0 fully saturated rings. The van der Waals surface area contributed by atoms with Crippen molar-refractivity contribution in [3.63, 3.8) is 0 Å². The number of nitrogens with zero attached hydrogens (tertiary/aromatic N) is 2. The van der Waals surface area contributed by atoms with Gasteiger partial charge in [0, 0.05) is 44.0 Å². The lowest BCUT2D eigenvalue weighted by Crippen LogP contribution is -2.17. The van der Waals surface area contributed by atoms with Gasteiger partial charge in [-0.25, -0.2) is 0 Å². The van der Waals surface area contributed by atoms with Gasteiger partial charge in [0.15, 0.2) is 5.58 Å². The molecular weight excluding hydrogens is 585 g/mol. The molecule has 1 aliphatic rings. The van der Waals surface area contributed by atoms with Crippen LogP contribution >= 0.6 is 0 Å². The van der Waals surface area contributed by atoms with Crippen LogP contribution in [0, 0.1) is 0 Å². The molecule has 0 saturated carbocycles. The Kier molecular flexibility index (Phi) is 5.63. The Morgan fingerprint density at radius 1 is 0.500 bits per heavy atom. The van der Waals surface area contributed by atoms with Crippen molar-refractivity contribution in [2.45, 2.75) is 19.3 Å². The molecule has 0 spiro atoms. The smallest absolute Gasteiger partial charge is 0.159 e. The molecule has 0 aliphatic heterocycles. The van der Waals surface area contributed by atoms with E-state index in [9.17, 15) is 0 Å². The second-order valence-electron chi connectivity index (χ2n) is 13.4. The number of rotatable bonds is 4. The number of benzene rings is 7. The van der Waals surface area contributed by atoms with E-state index < -0.39 is 0 Å². The van der Waals surface area contributed by atoms with Crippen LogP contribution in [-0.2, 0) is 5.41 Å². The molecule has 0 bridgehead atoms. The lowest BCUT2D eigenvalue weighted by molar-refractivity contribution is 0.660. The molecule has 3 heteroatoms. The summed E-state index contributed by atoms with van der Waals surface area (Å²) in [6.07, 6.45) is 0. The summed E-state index contributed by atoms with van der Waals surface area (Å²) in [5, 5.41) is 4.81. The maximum absolute atomic E-state index is 6.56. The van der Waals surface area contributed by atoms with E-state index >= 15 is 0 Å². The van der Waals surface area contributed by atoms with Gasteiger partial charge in [0.1, 0.15) is 5.58 Å². The minimum Gasteiger partial charge on any atom is -0.454 e. The highest BCUT2D eigenvalue weighted by atomic mass is 16.3. The molecule has 9 aromatic rings.